The minimum absolute atomic E-state index is 0.765. The van der Waals surface area contributed by atoms with Crippen LogP contribution in [0, 0.1) is 0 Å². The van der Waals surface area contributed by atoms with Crippen molar-refractivity contribution in [3.63, 3.8) is 0 Å². The lowest BCUT2D eigenvalue weighted by molar-refractivity contribution is 0.531. The van der Waals surface area contributed by atoms with E-state index in [2.05, 4.69) is 21.2 Å². The molecule has 3 heteroatoms. The van der Waals surface area contributed by atoms with Gasteiger partial charge >= 0.3 is 0 Å². The first-order valence-corrected chi connectivity index (χ1v) is 4.18. The summed E-state index contributed by atoms with van der Waals surface area (Å²) < 4.78 is 6.00. The van der Waals surface area contributed by atoms with Crippen LogP contribution in [0.3, 0.4) is 0 Å². The summed E-state index contributed by atoms with van der Waals surface area (Å²) in [6.45, 7) is 0.859. The Bertz CT molecular complexity index is 242. The van der Waals surface area contributed by atoms with Crippen molar-refractivity contribution in [2.24, 2.45) is 0 Å². The molecule has 0 saturated heterocycles. The molecule has 2 nitrogen and oxygen atoms in total. The average Bonchev–Trinajstić information content (AvgIpc) is 2.37. The summed E-state index contributed by atoms with van der Waals surface area (Å²) in [5.74, 6) is 0.868. The first-order chi connectivity index (χ1) is 5.33. The molecule has 1 rings (SSSR count). The van der Waals surface area contributed by atoms with Gasteiger partial charge in [-0.3, -0.25) is 0 Å². The van der Waals surface area contributed by atoms with Crippen LogP contribution < -0.4 is 5.32 Å². The molecule has 1 heterocycles. The van der Waals surface area contributed by atoms with E-state index in [0.717, 1.165) is 17.0 Å². The molecule has 0 saturated carbocycles. The molecule has 0 atom stereocenters. The zero-order valence-corrected chi connectivity index (χ0v) is 7.89. The van der Waals surface area contributed by atoms with Gasteiger partial charge in [0.1, 0.15) is 5.76 Å². The van der Waals surface area contributed by atoms with Crippen LogP contribution in [-0.2, 0) is 0 Å². The van der Waals surface area contributed by atoms with Crippen molar-refractivity contribution in [1.82, 2.24) is 5.32 Å². The molecule has 0 aliphatic carbocycles. The summed E-state index contributed by atoms with van der Waals surface area (Å²) in [5, 5.41) is 3.00. The van der Waals surface area contributed by atoms with E-state index in [4.69, 9.17) is 4.42 Å². The SMILES string of the molecule is CNCC=Cc1ccc(Br)o1. The number of halogens is 1. The molecule has 0 radical (unpaired) electrons. The van der Waals surface area contributed by atoms with Gasteiger partial charge in [0.05, 0.1) is 0 Å². The zero-order chi connectivity index (χ0) is 8.10. The Morgan fingerprint density at radius 2 is 2.45 bits per heavy atom. The summed E-state index contributed by atoms with van der Waals surface area (Å²) in [7, 11) is 1.91. The molecular formula is C8H10BrNO. The first-order valence-electron chi connectivity index (χ1n) is 3.39. The van der Waals surface area contributed by atoms with Crippen molar-refractivity contribution < 1.29 is 4.42 Å². The molecular weight excluding hydrogens is 206 g/mol. The van der Waals surface area contributed by atoms with E-state index in [1.165, 1.54) is 0 Å². The predicted octanol–water partition coefficient (Wildman–Crippen LogP) is 2.27. The molecule has 0 aliphatic rings. The molecule has 1 aromatic rings. The quantitative estimate of drug-likeness (QED) is 0.838. The normalized spacial score (nSPS) is 11.1. The Morgan fingerprint density at radius 1 is 1.64 bits per heavy atom. The largest absolute Gasteiger partial charge is 0.450 e. The Labute approximate surface area is 74.4 Å². The highest BCUT2D eigenvalue weighted by atomic mass is 79.9. The molecule has 60 valence electrons. The van der Waals surface area contributed by atoms with Gasteiger partial charge in [-0.05, 0) is 41.2 Å². The molecule has 0 aromatic carbocycles. The summed E-state index contributed by atoms with van der Waals surface area (Å²) in [5.41, 5.74) is 0. The smallest absolute Gasteiger partial charge is 0.169 e. The minimum Gasteiger partial charge on any atom is -0.450 e. The molecule has 0 aliphatic heterocycles. The third-order valence-corrected chi connectivity index (χ3v) is 1.62. The minimum atomic E-state index is 0.765. The van der Waals surface area contributed by atoms with E-state index in [-0.39, 0.29) is 0 Å². The Morgan fingerprint density at radius 3 is 3.00 bits per heavy atom. The predicted molar refractivity (Wildman–Crippen MR) is 49.4 cm³/mol. The highest BCUT2D eigenvalue weighted by Crippen LogP contribution is 2.14. The van der Waals surface area contributed by atoms with Crippen molar-refractivity contribution in [1.29, 1.82) is 0 Å². The molecule has 0 bridgehead atoms. The fourth-order valence-electron chi connectivity index (χ4n) is 0.711. The second-order valence-electron chi connectivity index (χ2n) is 2.10. The van der Waals surface area contributed by atoms with Crippen molar-refractivity contribution in [2.45, 2.75) is 0 Å². The second kappa shape index (κ2) is 4.36. The van der Waals surface area contributed by atoms with Crippen LogP contribution in [-0.4, -0.2) is 13.6 Å². The maximum absolute atomic E-state index is 5.23. The summed E-state index contributed by atoms with van der Waals surface area (Å²) >= 11 is 3.22. The highest BCUT2D eigenvalue weighted by molar-refractivity contribution is 9.10. The van der Waals surface area contributed by atoms with Gasteiger partial charge < -0.3 is 9.73 Å². The fourth-order valence-corrected chi connectivity index (χ4v) is 1.03. The number of furan rings is 1. The van der Waals surface area contributed by atoms with Crippen LogP contribution in [0.25, 0.3) is 6.08 Å². The molecule has 1 aromatic heterocycles. The van der Waals surface area contributed by atoms with E-state index in [0.29, 0.717) is 0 Å². The number of hydrogen-bond donors (Lipinski definition) is 1. The van der Waals surface area contributed by atoms with Gasteiger partial charge in [0.2, 0.25) is 0 Å². The Balaban J connectivity index is 2.50. The lowest BCUT2D eigenvalue weighted by atomic mass is 10.4. The van der Waals surface area contributed by atoms with Crippen LogP contribution in [0.4, 0.5) is 0 Å². The number of nitrogens with one attached hydrogen (secondary N) is 1. The summed E-state index contributed by atoms with van der Waals surface area (Å²) in [6, 6.07) is 3.79. The Hall–Kier alpha value is -0.540. The highest BCUT2D eigenvalue weighted by Gasteiger charge is 1.91. The van der Waals surface area contributed by atoms with Gasteiger partial charge in [-0.2, -0.15) is 0 Å². The maximum Gasteiger partial charge on any atom is 0.169 e. The van der Waals surface area contributed by atoms with Crippen LogP contribution in [0.2, 0.25) is 0 Å². The van der Waals surface area contributed by atoms with Crippen LogP contribution in [0.15, 0.2) is 27.3 Å². The van der Waals surface area contributed by atoms with Crippen molar-refractivity contribution in [2.75, 3.05) is 13.6 Å². The van der Waals surface area contributed by atoms with E-state index in [9.17, 15) is 0 Å². The zero-order valence-electron chi connectivity index (χ0n) is 6.30. The number of likely N-dealkylation sites (N-methyl/N-ethyl adjacent to an activating group) is 1. The first kappa shape index (κ1) is 8.56. The van der Waals surface area contributed by atoms with Gasteiger partial charge in [-0.1, -0.05) is 6.08 Å². The lowest BCUT2D eigenvalue weighted by Gasteiger charge is -1.86. The van der Waals surface area contributed by atoms with Crippen LogP contribution >= 0.6 is 15.9 Å². The molecule has 0 unspecified atom stereocenters. The van der Waals surface area contributed by atoms with Crippen molar-refractivity contribution >= 4 is 22.0 Å². The molecule has 0 fully saturated rings. The van der Waals surface area contributed by atoms with Crippen molar-refractivity contribution in [3.05, 3.63) is 28.6 Å². The van der Waals surface area contributed by atoms with Gasteiger partial charge in [0, 0.05) is 6.54 Å². The van der Waals surface area contributed by atoms with E-state index in [1.54, 1.807) is 0 Å². The maximum atomic E-state index is 5.23. The second-order valence-corrected chi connectivity index (χ2v) is 2.88. The van der Waals surface area contributed by atoms with Gasteiger partial charge in [-0.15, -0.1) is 0 Å². The van der Waals surface area contributed by atoms with Crippen LogP contribution in [0.5, 0.6) is 0 Å². The Kier molecular flexibility index (Phi) is 3.39. The van der Waals surface area contributed by atoms with E-state index in [1.807, 2.05) is 31.3 Å². The topological polar surface area (TPSA) is 25.2 Å². The average molecular weight is 216 g/mol. The lowest BCUT2D eigenvalue weighted by Crippen LogP contribution is -2.03. The van der Waals surface area contributed by atoms with Crippen molar-refractivity contribution in [3.8, 4) is 0 Å². The molecule has 0 amide bonds. The third-order valence-electron chi connectivity index (χ3n) is 1.20. The fraction of sp³-hybridized carbons (Fsp3) is 0.250. The van der Waals surface area contributed by atoms with Crippen LogP contribution in [0.1, 0.15) is 5.76 Å². The monoisotopic (exact) mass is 215 g/mol. The van der Waals surface area contributed by atoms with Gasteiger partial charge in [-0.25, -0.2) is 0 Å². The molecule has 11 heavy (non-hydrogen) atoms. The van der Waals surface area contributed by atoms with Gasteiger partial charge in [0.25, 0.3) is 0 Å². The standard InChI is InChI=1S/C8H10BrNO/c1-10-6-2-3-7-4-5-8(9)11-7/h2-5,10H,6H2,1H3. The summed E-state index contributed by atoms with van der Waals surface area (Å²) in [4.78, 5) is 0. The third kappa shape index (κ3) is 2.91. The summed E-state index contributed by atoms with van der Waals surface area (Å²) in [6.07, 6.45) is 3.94. The number of rotatable bonds is 3. The molecule has 1 N–H and O–H groups in total. The molecule has 0 spiro atoms. The number of hydrogen-bond acceptors (Lipinski definition) is 2. The van der Waals surface area contributed by atoms with E-state index < -0.39 is 0 Å². The van der Waals surface area contributed by atoms with E-state index >= 15 is 0 Å². The van der Waals surface area contributed by atoms with Gasteiger partial charge in [0.15, 0.2) is 4.67 Å².